The van der Waals surface area contributed by atoms with Crippen molar-refractivity contribution in [3.63, 3.8) is 0 Å². The summed E-state index contributed by atoms with van der Waals surface area (Å²) in [6.45, 7) is 5.47. The summed E-state index contributed by atoms with van der Waals surface area (Å²) in [7, 11) is 0. The second-order valence-corrected chi connectivity index (χ2v) is 7.14. The average molecular weight is 264 g/mol. The van der Waals surface area contributed by atoms with Crippen molar-refractivity contribution in [3.8, 4) is 0 Å². The Kier molecular flexibility index (Phi) is 3.84. The predicted molar refractivity (Wildman–Crippen MR) is 76.8 cm³/mol. The number of hydrogen-bond acceptors (Lipinski definition) is 2. The van der Waals surface area contributed by atoms with Crippen LogP contribution in [0.1, 0.15) is 51.9 Å². The number of amides is 1. The minimum absolute atomic E-state index is 0.327. The molecule has 1 spiro atoms. The van der Waals surface area contributed by atoms with E-state index in [1.807, 2.05) is 0 Å². The molecule has 1 amide bonds. The number of rotatable bonds is 3. The molecule has 0 aromatic carbocycles. The van der Waals surface area contributed by atoms with E-state index in [4.69, 9.17) is 0 Å². The zero-order valence-corrected chi connectivity index (χ0v) is 12.2. The molecular weight excluding hydrogens is 236 g/mol. The van der Waals surface area contributed by atoms with Gasteiger partial charge in [0.05, 0.1) is 0 Å². The van der Waals surface area contributed by atoms with Crippen LogP contribution in [0, 0.1) is 23.2 Å². The third-order valence-corrected chi connectivity index (χ3v) is 5.93. The molecule has 3 aliphatic rings. The molecule has 3 unspecified atom stereocenters. The lowest BCUT2D eigenvalue weighted by molar-refractivity contribution is -0.123. The van der Waals surface area contributed by atoms with Crippen LogP contribution >= 0.6 is 0 Å². The average Bonchev–Trinajstić information content (AvgIpc) is 3.12. The molecule has 3 nitrogen and oxygen atoms in total. The second kappa shape index (κ2) is 5.43. The van der Waals surface area contributed by atoms with Gasteiger partial charge in [-0.2, -0.15) is 0 Å². The summed E-state index contributed by atoms with van der Waals surface area (Å²) in [5.41, 5.74) is 0.382. The monoisotopic (exact) mass is 264 g/mol. The van der Waals surface area contributed by atoms with Crippen LogP contribution in [0.2, 0.25) is 0 Å². The highest BCUT2D eigenvalue weighted by molar-refractivity contribution is 5.82. The van der Waals surface area contributed by atoms with Gasteiger partial charge in [-0.3, -0.25) is 4.79 Å². The van der Waals surface area contributed by atoms with Crippen molar-refractivity contribution in [3.05, 3.63) is 0 Å². The van der Waals surface area contributed by atoms with Gasteiger partial charge in [-0.05, 0) is 56.0 Å². The van der Waals surface area contributed by atoms with Crippen molar-refractivity contribution >= 4 is 5.91 Å². The highest BCUT2D eigenvalue weighted by Gasteiger charge is 2.57. The molecular formula is C16H28N2O. The fraction of sp³-hybridized carbons (Fsp3) is 0.938. The normalized spacial score (nSPS) is 37.0. The fourth-order valence-electron chi connectivity index (χ4n) is 4.25. The molecule has 0 bridgehead atoms. The van der Waals surface area contributed by atoms with E-state index < -0.39 is 0 Å². The summed E-state index contributed by atoms with van der Waals surface area (Å²) in [6, 6.07) is 0. The minimum Gasteiger partial charge on any atom is -0.356 e. The molecule has 0 aromatic heterocycles. The van der Waals surface area contributed by atoms with Crippen molar-refractivity contribution in [1.82, 2.24) is 10.6 Å². The van der Waals surface area contributed by atoms with E-state index in [0.29, 0.717) is 17.2 Å². The zero-order valence-electron chi connectivity index (χ0n) is 12.2. The Labute approximate surface area is 116 Å². The Morgan fingerprint density at radius 3 is 2.74 bits per heavy atom. The SMILES string of the molecule is CC1CCCCC1CNC(=O)C1CC12CCNCC2. The summed E-state index contributed by atoms with van der Waals surface area (Å²) >= 11 is 0. The molecule has 0 aromatic rings. The van der Waals surface area contributed by atoms with Crippen molar-refractivity contribution < 1.29 is 4.79 Å². The Morgan fingerprint density at radius 2 is 2.00 bits per heavy atom. The van der Waals surface area contributed by atoms with E-state index in [1.54, 1.807) is 0 Å². The van der Waals surface area contributed by atoms with Crippen molar-refractivity contribution in [2.75, 3.05) is 19.6 Å². The number of nitrogens with one attached hydrogen (secondary N) is 2. The molecule has 3 rings (SSSR count). The topological polar surface area (TPSA) is 41.1 Å². The number of carbonyl (C=O) groups excluding carboxylic acids is 1. The molecule has 108 valence electrons. The molecule has 2 N–H and O–H groups in total. The Bertz CT molecular complexity index is 336. The fourth-order valence-corrected chi connectivity index (χ4v) is 4.25. The van der Waals surface area contributed by atoms with Crippen molar-refractivity contribution in [2.45, 2.75) is 51.9 Å². The summed E-state index contributed by atoms with van der Waals surface area (Å²) in [6.07, 6.45) is 8.92. The van der Waals surface area contributed by atoms with Crippen LogP contribution in [0.3, 0.4) is 0 Å². The highest BCUT2D eigenvalue weighted by Crippen LogP contribution is 2.58. The zero-order chi connectivity index (χ0) is 13.3. The molecule has 0 radical (unpaired) electrons. The number of hydrogen-bond donors (Lipinski definition) is 2. The van der Waals surface area contributed by atoms with Crippen LogP contribution < -0.4 is 10.6 Å². The first-order valence-electron chi connectivity index (χ1n) is 8.20. The van der Waals surface area contributed by atoms with Gasteiger partial charge in [-0.25, -0.2) is 0 Å². The molecule has 2 aliphatic carbocycles. The van der Waals surface area contributed by atoms with Gasteiger partial charge in [0.2, 0.25) is 5.91 Å². The predicted octanol–water partition coefficient (Wildman–Crippen LogP) is 2.32. The first-order valence-corrected chi connectivity index (χ1v) is 8.20. The second-order valence-electron chi connectivity index (χ2n) is 7.14. The maximum Gasteiger partial charge on any atom is 0.223 e. The lowest BCUT2D eigenvalue weighted by Crippen LogP contribution is -2.37. The lowest BCUT2D eigenvalue weighted by atomic mass is 9.80. The Balaban J connectivity index is 1.44. The number of piperidine rings is 1. The molecule has 2 saturated carbocycles. The number of carbonyl (C=O) groups is 1. The van der Waals surface area contributed by atoms with E-state index in [9.17, 15) is 4.79 Å². The van der Waals surface area contributed by atoms with Gasteiger partial charge in [0.25, 0.3) is 0 Å². The largest absolute Gasteiger partial charge is 0.356 e. The van der Waals surface area contributed by atoms with E-state index in [-0.39, 0.29) is 0 Å². The summed E-state index contributed by atoms with van der Waals surface area (Å²) < 4.78 is 0. The van der Waals surface area contributed by atoms with Crippen molar-refractivity contribution in [2.24, 2.45) is 23.2 Å². The van der Waals surface area contributed by atoms with Gasteiger partial charge < -0.3 is 10.6 Å². The van der Waals surface area contributed by atoms with Crippen LogP contribution in [0.25, 0.3) is 0 Å². The van der Waals surface area contributed by atoms with Crippen LogP contribution in [0.15, 0.2) is 0 Å². The molecule has 3 fully saturated rings. The lowest BCUT2D eigenvalue weighted by Gasteiger charge is -2.29. The van der Waals surface area contributed by atoms with Gasteiger partial charge >= 0.3 is 0 Å². The maximum atomic E-state index is 12.3. The van der Waals surface area contributed by atoms with E-state index in [0.717, 1.165) is 37.9 Å². The Hall–Kier alpha value is -0.570. The molecule has 19 heavy (non-hydrogen) atoms. The van der Waals surface area contributed by atoms with E-state index in [1.165, 1.54) is 38.5 Å². The maximum absolute atomic E-state index is 12.3. The van der Waals surface area contributed by atoms with Crippen LogP contribution in [-0.4, -0.2) is 25.5 Å². The summed E-state index contributed by atoms with van der Waals surface area (Å²) in [5, 5.41) is 6.65. The van der Waals surface area contributed by atoms with Crippen LogP contribution in [0.5, 0.6) is 0 Å². The summed E-state index contributed by atoms with van der Waals surface area (Å²) in [5.74, 6) is 2.19. The van der Waals surface area contributed by atoms with E-state index >= 15 is 0 Å². The molecule has 1 heterocycles. The molecule has 1 saturated heterocycles. The highest BCUT2D eigenvalue weighted by atomic mass is 16.2. The Morgan fingerprint density at radius 1 is 1.26 bits per heavy atom. The first kappa shape index (κ1) is 13.4. The molecule has 3 heteroatoms. The van der Waals surface area contributed by atoms with Gasteiger partial charge in [-0.15, -0.1) is 0 Å². The van der Waals surface area contributed by atoms with Crippen molar-refractivity contribution in [1.29, 1.82) is 0 Å². The first-order chi connectivity index (χ1) is 9.21. The van der Waals surface area contributed by atoms with Gasteiger partial charge in [0.15, 0.2) is 0 Å². The van der Waals surface area contributed by atoms with E-state index in [2.05, 4.69) is 17.6 Å². The van der Waals surface area contributed by atoms with Gasteiger partial charge in [-0.1, -0.05) is 26.2 Å². The van der Waals surface area contributed by atoms with Gasteiger partial charge in [0, 0.05) is 12.5 Å². The third-order valence-electron chi connectivity index (χ3n) is 5.93. The minimum atomic E-state index is 0.327. The quantitative estimate of drug-likeness (QED) is 0.821. The summed E-state index contributed by atoms with van der Waals surface area (Å²) in [4.78, 5) is 12.3. The molecule has 1 aliphatic heterocycles. The smallest absolute Gasteiger partial charge is 0.223 e. The molecule has 3 atom stereocenters. The third kappa shape index (κ3) is 2.81. The van der Waals surface area contributed by atoms with Gasteiger partial charge in [0.1, 0.15) is 0 Å². The standard InChI is InChI=1S/C16H28N2O/c1-12-4-2-3-5-13(12)11-18-15(19)14-10-16(14)6-8-17-9-7-16/h12-14,17H,2-11H2,1H3,(H,18,19). The van der Waals surface area contributed by atoms with Crippen LogP contribution in [0.4, 0.5) is 0 Å². The van der Waals surface area contributed by atoms with Crippen LogP contribution in [-0.2, 0) is 4.79 Å².